The van der Waals surface area contributed by atoms with Crippen LogP contribution in [0.25, 0.3) is 0 Å². The quantitative estimate of drug-likeness (QED) is 0.893. The van der Waals surface area contributed by atoms with Crippen molar-refractivity contribution in [1.82, 2.24) is 10.2 Å². The van der Waals surface area contributed by atoms with Crippen LogP contribution in [-0.4, -0.2) is 52.6 Å². The predicted molar refractivity (Wildman–Crippen MR) is 84.0 cm³/mol. The van der Waals surface area contributed by atoms with Crippen LogP contribution in [0, 0.1) is 0 Å². The van der Waals surface area contributed by atoms with Crippen LogP contribution >= 0.6 is 11.8 Å². The molecule has 1 saturated heterocycles. The van der Waals surface area contributed by atoms with E-state index in [1.54, 1.807) is 18.2 Å². The smallest absolute Gasteiger partial charge is 0.335 e. The number of carboxylic acid groups (broad SMARTS) is 1. The zero-order chi connectivity index (χ0) is 15.2. The van der Waals surface area contributed by atoms with Gasteiger partial charge in [0.05, 0.1) is 5.56 Å². The van der Waals surface area contributed by atoms with E-state index in [0.717, 1.165) is 23.6 Å². The van der Waals surface area contributed by atoms with Crippen LogP contribution in [0.3, 0.4) is 0 Å². The van der Waals surface area contributed by atoms with Gasteiger partial charge in [-0.15, -0.1) is 0 Å². The zero-order valence-electron chi connectivity index (χ0n) is 12.0. The number of hydrogen-bond acceptors (Lipinski definition) is 3. The normalized spacial score (nSPS) is 18.3. The van der Waals surface area contributed by atoms with Crippen LogP contribution in [0.15, 0.2) is 24.3 Å². The molecule has 0 radical (unpaired) electrons. The number of benzene rings is 1. The van der Waals surface area contributed by atoms with Gasteiger partial charge in [-0.1, -0.05) is 12.1 Å². The summed E-state index contributed by atoms with van der Waals surface area (Å²) in [5.74, 6) is 1.03. The van der Waals surface area contributed by atoms with Crippen molar-refractivity contribution < 1.29 is 14.7 Å². The Morgan fingerprint density at radius 1 is 1.48 bits per heavy atom. The Kier molecular flexibility index (Phi) is 5.50. The van der Waals surface area contributed by atoms with Crippen molar-refractivity contribution in [1.29, 1.82) is 0 Å². The van der Waals surface area contributed by atoms with Gasteiger partial charge in [-0.05, 0) is 31.0 Å². The maximum absolute atomic E-state index is 12.1. The number of nitrogens with one attached hydrogen (secondary N) is 1. The standard InChI is InChI=1S/C15H20N2O3S/c1-11-10-21-8-7-17(11)15(20)16-6-5-12-3-2-4-13(9-12)14(18)19/h2-4,9,11H,5-8,10H2,1H3,(H,16,20)(H,18,19). The molecular weight excluding hydrogens is 288 g/mol. The lowest BCUT2D eigenvalue weighted by Crippen LogP contribution is -2.49. The molecule has 6 heteroatoms. The average molecular weight is 308 g/mol. The molecule has 1 heterocycles. The van der Waals surface area contributed by atoms with Gasteiger partial charge in [-0.3, -0.25) is 0 Å². The van der Waals surface area contributed by atoms with E-state index >= 15 is 0 Å². The summed E-state index contributed by atoms with van der Waals surface area (Å²) < 4.78 is 0. The van der Waals surface area contributed by atoms with E-state index in [1.165, 1.54) is 0 Å². The molecule has 21 heavy (non-hydrogen) atoms. The van der Waals surface area contributed by atoms with Crippen molar-refractivity contribution in [2.45, 2.75) is 19.4 Å². The SMILES string of the molecule is CC1CSCCN1C(=O)NCCc1cccc(C(=O)O)c1. The number of carbonyl (C=O) groups excluding carboxylic acids is 1. The third kappa shape index (κ3) is 4.39. The number of urea groups is 1. The number of thioether (sulfide) groups is 1. The summed E-state index contributed by atoms with van der Waals surface area (Å²) in [5.41, 5.74) is 1.19. The predicted octanol–water partition coefficient (Wildman–Crippen LogP) is 2.07. The highest BCUT2D eigenvalue weighted by molar-refractivity contribution is 7.99. The van der Waals surface area contributed by atoms with Gasteiger partial charge in [0.2, 0.25) is 0 Å². The fourth-order valence-electron chi connectivity index (χ4n) is 2.30. The second-order valence-corrected chi connectivity index (χ2v) is 6.25. The molecular formula is C15H20N2O3S. The van der Waals surface area contributed by atoms with Gasteiger partial charge < -0.3 is 15.3 Å². The van der Waals surface area contributed by atoms with Crippen LogP contribution in [0.1, 0.15) is 22.8 Å². The van der Waals surface area contributed by atoms with E-state index in [2.05, 4.69) is 12.2 Å². The minimum atomic E-state index is -0.930. The van der Waals surface area contributed by atoms with E-state index in [4.69, 9.17) is 5.11 Å². The Labute approximate surface area is 128 Å². The van der Waals surface area contributed by atoms with Crippen LogP contribution in [0.4, 0.5) is 4.79 Å². The van der Waals surface area contributed by atoms with Crippen LogP contribution in [0.2, 0.25) is 0 Å². The highest BCUT2D eigenvalue weighted by Crippen LogP contribution is 2.15. The average Bonchev–Trinajstić information content (AvgIpc) is 2.48. The summed E-state index contributed by atoms with van der Waals surface area (Å²) in [6, 6.07) is 7.05. The molecule has 1 unspecified atom stereocenters. The Bertz CT molecular complexity index is 521. The Morgan fingerprint density at radius 3 is 3.00 bits per heavy atom. The van der Waals surface area contributed by atoms with Gasteiger partial charge in [0, 0.05) is 30.6 Å². The molecule has 0 bridgehead atoms. The van der Waals surface area contributed by atoms with Crippen molar-refractivity contribution in [2.75, 3.05) is 24.6 Å². The summed E-state index contributed by atoms with van der Waals surface area (Å²) in [4.78, 5) is 24.8. The number of hydrogen-bond donors (Lipinski definition) is 2. The van der Waals surface area contributed by atoms with Gasteiger partial charge in [-0.2, -0.15) is 11.8 Å². The summed E-state index contributed by atoms with van der Waals surface area (Å²) >= 11 is 1.87. The van der Waals surface area contributed by atoms with Gasteiger partial charge >= 0.3 is 12.0 Å². The van der Waals surface area contributed by atoms with Crippen LogP contribution in [-0.2, 0) is 6.42 Å². The molecule has 2 rings (SSSR count). The fourth-order valence-corrected chi connectivity index (χ4v) is 3.32. The molecule has 0 saturated carbocycles. The van der Waals surface area contributed by atoms with E-state index in [-0.39, 0.29) is 17.6 Å². The second-order valence-electron chi connectivity index (χ2n) is 5.10. The molecule has 1 aromatic rings. The number of carboxylic acids is 1. The van der Waals surface area contributed by atoms with Crippen molar-refractivity contribution >= 4 is 23.8 Å². The van der Waals surface area contributed by atoms with Crippen molar-refractivity contribution in [2.24, 2.45) is 0 Å². The van der Waals surface area contributed by atoms with Crippen molar-refractivity contribution in [3.05, 3.63) is 35.4 Å². The molecule has 1 fully saturated rings. The lowest BCUT2D eigenvalue weighted by atomic mass is 10.1. The molecule has 2 N–H and O–H groups in total. The molecule has 114 valence electrons. The fraction of sp³-hybridized carbons (Fsp3) is 0.467. The number of amides is 2. The summed E-state index contributed by atoms with van der Waals surface area (Å²) in [7, 11) is 0. The summed E-state index contributed by atoms with van der Waals surface area (Å²) in [6.45, 7) is 3.35. The van der Waals surface area contributed by atoms with E-state index < -0.39 is 5.97 Å². The molecule has 0 spiro atoms. The summed E-state index contributed by atoms with van der Waals surface area (Å²) in [5, 5.41) is 11.9. The Morgan fingerprint density at radius 2 is 2.29 bits per heavy atom. The molecule has 1 aliphatic heterocycles. The Balaban J connectivity index is 1.82. The molecule has 5 nitrogen and oxygen atoms in total. The number of nitrogens with zero attached hydrogens (tertiary/aromatic N) is 1. The topological polar surface area (TPSA) is 69.6 Å². The summed E-state index contributed by atoms with van der Waals surface area (Å²) in [6.07, 6.45) is 0.629. The number of carbonyl (C=O) groups is 2. The van der Waals surface area contributed by atoms with Gasteiger partial charge in [0.15, 0.2) is 0 Å². The number of rotatable bonds is 4. The minimum Gasteiger partial charge on any atom is -0.478 e. The molecule has 0 aliphatic carbocycles. The molecule has 1 aliphatic rings. The largest absolute Gasteiger partial charge is 0.478 e. The Hall–Kier alpha value is -1.69. The first-order chi connectivity index (χ1) is 10.1. The van der Waals surface area contributed by atoms with Crippen molar-refractivity contribution in [3.8, 4) is 0 Å². The lowest BCUT2D eigenvalue weighted by Gasteiger charge is -2.33. The van der Waals surface area contributed by atoms with E-state index in [0.29, 0.717) is 13.0 Å². The molecule has 1 aromatic carbocycles. The van der Waals surface area contributed by atoms with Crippen molar-refractivity contribution in [3.63, 3.8) is 0 Å². The third-order valence-corrected chi connectivity index (χ3v) is 4.68. The van der Waals surface area contributed by atoms with Crippen LogP contribution in [0.5, 0.6) is 0 Å². The highest BCUT2D eigenvalue weighted by atomic mass is 32.2. The van der Waals surface area contributed by atoms with E-state index in [9.17, 15) is 9.59 Å². The minimum absolute atomic E-state index is 0.0304. The van der Waals surface area contributed by atoms with E-state index in [1.807, 2.05) is 22.7 Å². The maximum atomic E-state index is 12.1. The lowest BCUT2D eigenvalue weighted by molar-refractivity contribution is 0.0696. The first-order valence-corrected chi connectivity index (χ1v) is 8.18. The van der Waals surface area contributed by atoms with Gasteiger partial charge in [0.25, 0.3) is 0 Å². The monoisotopic (exact) mass is 308 g/mol. The molecule has 2 amide bonds. The number of aromatic carboxylic acids is 1. The molecule has 1 atom stereocenters. The van der Waals surface area contributed by atoms with Crippen LogP contribution < -0.4 is 5.32 Å². The van der Waals surface area contributed by atoms with Gasteiger partial charge in [-0.25, -0.2) is 9.59 Å². The first-order valence-electron chi connectivity index (χ1n) is 7.02. The molecule has 0 aromatic heterocycles. The second kappa shape index (κ2) is 7.36. The maximum Gasteiger partial charge on any atom is 0.335 e. The third-order valence-electron chi connectivity index (χ3n) is 3.49. The van der Waals surface area contributed by atoms with Gasteiger partial charge in [0.1, 0.15) is 0 Å². The first kappa shape index (κ1) is 15.7. The highest BCUT2D eigenvalue weighted by Gasteiger charge is 2.22. The zero-order valence-corrected chi connectivity index (χ0v) is 12.9.